The molecule has 0 aliphatic carbocycles. The quantitative estimate of drug-likeness (QED) is 0.820. The number of aliphatic hydroxyl groups excluding tert-OH is 1. The van der Waals surface area contributed by atoms with Gasteiger partial charge in [0.2, 0.25) is 0 Å². The second-order valence-corrected chi connectivity index (χ2v) is 4.48. The molecule has 0 saturated heterocycles. The molecule has 0 atom stereocenters. The lowest BCUT2D eigenvalue weighted by atomic mass is 10.1. The highest BCUT2D eigenvalue weighted by Crippen LogP contribution is 2.23. The summed E-state index contributed by atoms with van der Waals surface area (Å²) in [6, 6.07) is 12.0. The van der Waals surface area contributed by atoms with E-state index in [-0.39, 0.29) is 17.9 Å². The summed E-state index contributed by atoms with van der Waals surface area (Å²) in [7, 11) is 0. The third-order valence-electron chi connectivity index (χ3n) is 2.94. The molecular formula is C16H16F2O2. The van der Waals surface area contributed by atoms with Gasteiger partial charge >= 0.3 is 0 Å². The molecule has 2 aromatic carbocycles. The number of benzene rings is 2. The summed E-state index contributed by atoms with van der Waals surface area (Å²) >= 11 is 0. The van der Waals surface area contributed by atoms with Crippen LogP contribution >= 0.6 is 0 Å². The highest BCUT2D eigenvalue weighted by atomic mass is 19.1. The second-order valence-electron chi connectivity index (χ2n) is 4.48. The number of hydrogen-bond acceptors (Lipinski definition) is 2. The van der Waals surface area contributed by atoms with Crippen LogP contribution in [-0.2, 0) is 13.0 Å². The zero-order valence-electron chi connectivity index (χ0n) is 11.0. The summed E-state index contributed by atoms with van der Waals surface area (Å²) in [5, 5.41) is 8.84. The minimum atomic E-state index is -0.784. The van der Waals surface area contributed by atoms with Crippen LogP contribution in [-0.4, -0.2) is 11.7 Å². The Morgan fingerprint density at radius 1 is 0.950 bits per heavy atom. The van der Waals surface area contributed by atoms with Crippen molar-refractivity contribution in [3.05, 3.63) is 65.2 Å². The van der Waals surface area contributed by atoms with Gasteiger partial charge in [-0.2, -0.15) is 0 Å². The summed E-state index contributed by atoms with van der Waals surface area (Å²) in [6.07, 6.45) is 1.46. The molecule has 2 nitrogen and oxygen atoms in total. The van der Waals surface area contributed by atoms with E-state index in [0.29, 0.717) is 6.42 Å². The molecule has 0 fully saturated rings. The van der Waals surface area contributed by atoms with Crippen molar-refractivity contribution < 1.29 is 18.6 Å². The molecule has 0 aliphatic rings. The Hall–Kier alpha value is -1.94. The molecule has 2 rings (SSSR count). The smallest absolute Gasteiger partial charge is 0.190 e. The van der Waals surface area contributed by atoms with Crippen molar-refractivity contribution in [3.63, 3.8) is 0 Å². The standard InChI is InChI=1S/C16H16F2O2/c17-14-9-13(11-19)10-15(18)16(14)20-8-4-7-12-5-2-1-3-6-12/h1-3,5-6,9-10,19H,4,7-8,11H2. The van der Waals surface area contributed by atoms with Gasteiger partial charge in [-0.3, -0.25) is 0 Å². The predicted molar refractivity (Wildman–Crippen MR) is 72.5 cm³/mol. The van der Waals surface area contributed by atoms with Crippen LogP contribution in [0.25, 0.3) is 0 Å². The fraction of sp³-hybridized carbons (Fsp3) is 0.250. The van der Waals surface area contributed by atoms with Gasteiger partial charge in [-0.1, -0.05) is 30.3 Å². The molecule has 0 unspecified atom stereocenters. The van der Waals surface area contributed by atoms with Crippen molar-refractivity contribution in [2.45, 2.75) is 19.4 Å². The third-order valence-corrected chi connectivity index (χ3v) is 2.94. The Morgan fingerprint density at radius 2 is 1.60 bits per heavy atom. The Labute approximate surface area is 116 Å². The first-order chi connectivity index (χ1) is 9.70. The maximum absolute atomic E-state index is 13.6. The van der Waals surface area contributed by atoms with Crippen LogP contribution < -0.4 is 4.74 Å². The maximum atomic E-state index is 13.6. The normalized spacial score (nSPS) is 10.6. The molecule has 0 saturated carbocycles. The van der Waals surface area contributed by atoms with Crippen molar-refractivity contribution in [2.75, 3.05) is 6.61 Å². The molecule has 0 spiro atoms. The number of aliphatic hydroxyl groups is 1. The highest BCUT2D eigenvalue weighted by Gasteiger charge is 2.12. The first-order valence-electron chi connectivity index (χ1n) is 6.46. The summed E-state index contributed by atoms with van der Waals surface area (Å²) in [5.41, 5.74) is 1.35. The van der Waals surface area contributed by atoms with Crippen LogP contribution in [0.1, 0.15) is 17.5 Å². The van der Waals surface area contributed by atoms with Crippen molar-refractivity contribution >= 4 is 0 Å². The topological polar surface area (TPSA) is 29.5 Å². The Morgan fingerprint density at radius 3 is 2.20 bits per heavy atom. The van der Waals surface area contributed by atoms with E-state index in [2.05, 4.69) is 0 Å². The van der Waals surface area contributed by atoms with E-state index in [1.54, 1.807) is 0 Å². The van der Waals surface area contributed by atoms with Gasteiger partial charge in [-0.15, -0.1) is 0 Å². The van der Waals surface area contributed by atoms with E-state index in [1.807, 2.05) is 30.3 Å². The largest absolute Gasteiger partial charge is 0.488 e. The summed E-state index contributed by atoms with van der Waals surface area (Å²) < 4.78 is 32.3. The number of halogens is 2. The average Bonchev–Trinajstić information content (AvgIpc) is 2.46. The fourth-order valence-corrected chi connectivity index (χ4v) is 1.94. The van der Waals surface area contributed by atoms with Crippen molar-refractivity contribution in [1.29, 1.82) is 0 Å². The van der Waals surface area contributed by atoms with E-state index < -0.39 is 18.2 Å². The van der Waals surface area contributed by atoms with Gasteiger partial charge in [0, 0.05) is 0 Å². The molecule has 0 amide bonds. The van der Waals surface area contributed by atoms with Crippen molar-refractivity contribution in [1.82, 2.24) is 0 Å². The van der Waals surface area contributed by atoms with Gasteiger partial charge < -0.3 is 9.84 Å². The molecule has 4 heteroatoms. The van der Waals surface area contributed by atoms with Crippen LogP contribution in [0.3, 0.4) is 0 Å². The SMILES string of the molecule is OCc1cc(F)c(OCCCc2ccccc2)c(F)c1. The molecule has 0 radical (unpaired) electrons. The first-order valence-corrected chi connectivity index (χ1v) is 6.46. The van der Waals surface area contributed by atoms with Crippen molar-refractivity contribution in [2.24, 2.45) is 0 Å². The van der Waals surface area contributed by atoms with Crippen molar-refractivity contribution in [3.8, 4) is 5.75 Å². The maximum Gasteiger partial charge on any atom is 0.190 e. The highest BCUT2D eigenvalue weighted by molar-refractivity contribution is 5.31. The Kier molecular flexibility index (Phi) is 5.07. The van der Waals surface area contributed by atoms with Crippen LogP contribution in [0.5, 0.6) is 5.75 Å². The lowest BCUT2D eigenvalue weighted by molar-refractivity contribution is 0.269. The molecule has 0 aliphatic heterocycles. The molecule has 106 valence electrons. The number of aryl methyl sites for hydroxylation is 1. The van der Waals surface area contributed by atoms with Gasteiger partial charge in [0.05, 0.1) is 13.2 Å². The summed E-state index contributed by atoms with van der Waals surface area (Å²) in [5.74, 6) is -1.95. The molecule has 0 aromatic heterocycles. The monoisotopic (exact) mass is 278 g/mol. The minimum Gasteiger partial charge on any atom is -0.488 e. The molecule has 1 N–H and O–H groups in total. The van der Waals surface area contributed by atoms with Crippen LogP contribution in [0, 0.1) is 11.6 Å². The zero-order valence-corrected chi connectivity index (χ0v) is 11.0. The Balaban J connectivity index is 1.88. The molecule has 2 aromatic rings. The zero-order chi connectivity index (χ0) is 14.4. The fourth-order valence-electron chi connectivity index (χ4n) is 1.94. The van der Waals surface area contributed by atoms with Crippen LogP contribution in [0.4, 0.5) is 8.78 Å². The second kappa shape index (κ2) is 7.01. The molecule has 0 heterocycles. The van der Waals surface area contributed by atoms with E-state index in [4.69, 9.17) is 9.84 Å². The molecular weight excluding hydrogens is 262 g/mol. The molecule has 0 bridgehead atoms. The van der Waals surface area contributed by atoms with E-state index in [9.17, 15) is 8.78 Å². The predicted octanol–water partition coefficient (Wildman–Crippen LogP) is 3.47. The third kappa shape index (κ3) is 3.78. The average molecular weight is 278 g/mol. The minimum absolute atomic E-state index is 0.191. The van der Waals surface area contributed by atoms with Crippen LogP contribution in [0.15, 0.2) is 42.5 Å². The summed E-state index contributed by atoms with van der Waals surface area (Å²) in [6.45, 7) is -0.163. The molecule has 20 heavy (non-hydrogen) atoms. The van der Waals surface area contributed by atoms with Gasteiger partial charge in [0.25, 0.3) is 0 Å². The lowest BCUT2D eigenvalue weighted by Gasteiger charge is -2.09. The van der Waals surface area contributed by atoms with Gasteiger partial charge in [0.1, 0.15) is 0 Å². The van der Waals surface area contributed by atoms with E-state index in [1.165, 1.54) is 0 Å². The van der Waals surface area contributed by atoms with Gasteiger partial charge in [-0.25, -0.2) is 8.78 Å². The Bertz CT molecular complexity index is 533. The lowest BCUT2D eigenvalue weighted by Crippen LogP contribution is -2.04. The number of hydrogen-bond donors (Lipinski definition) is 1. The number of rotatable bonds is 6. The number of ether oxygens (including phenoxy) is 1. The van der Waals surface area contributed by atoms with Gasteiger partial charge in [-0.05, 0) is 36.1 Å². The summed E-state index contributed by atoms with van der Waals surface area (Å²) in [4.78, 5) is 0. The first kappa shape index (κ1) is 14.5. The van der Waals surface area contributed by atoms with Crippen LogP contribution in [0.2, 0.25) is 0 Å². The van der Waals surface area contributed by atoms with E-state index >= 15 is 0 Å². The van der Waals surface area contributed by atoms with Gasteiger partial charge in [0.15, 0.2) is 17.4 Å². The van der Waals surface area contributed by atoms with E-state index in [0.717, 1.165) is 24.1 Å².